The summed E-state index contributed by atoms with van der Waals surface area (Å²) >= 11 is 0. The van der Waals surface area contributed by atoms with Gasteiger partial charge in [-0.2, -0.15) is 0 Å². The number of nitrogens with two attached hydrogens (primary N) is 1. The minimum atomic E-state index is -0.102. The predicted molar refractivity (Wildman–Crippen MR) is 74.8 cm³/mol. The zero-order valence-corrected chi connectivity index (χ0v) is 11.4. The van der Waals surface area contributed by atoms with Gasteiger partial charge in [-0.3, -0.25) is 4.79 Å². The van der Waals surface area contributed by atoms with Crippen LogP contribution in [0.15, 0.2) is 34.7 Å². The number of carbonyl (C=O) groups excluding carboxylic acids is 1. The smallest absolute Gasteiger partial charge is 0.256 e. The van der Waals surface area contributed by atoms with Crippen molar-refractivity contribution in [3.05, 3.63) is 53.0 Å². The average Bonchev–Trinajstić information content (AvgIpc) is 2.77. The van der Waals surface area contributed by atoms with Gasteiger partial charge in [0.2, 0.25) is 0 Å². The van der Waals surface area contributed by atoms with E-state index in [9.17, 15) is 4.79 Å². The van der Waals surface area contributed by atoms with Gasteiger partial charge < -0.3 is 15.1 Å². The second-order valence-electron chi connectivity index (χ2n) is 4.71. The van der Waals surface area contributed by atoms with Crippen LogP contribution < -0.4 is 5.73 Å². The van der Waals surface area contributed by atoms with Crippen molar-refractivity contribution in [2.75, 3.05) is 12.8 Å². The van der Waals surface area contributed by atoms with Crippen LogP contribution in [0, 0.1) is 13.8 Å². The van der Waals surface area contributed by atoms with Crippen molar-refractivity contribution in [3.63, 3.8) is 0 Å². The number of anilines is 1. The summed E-state index contributed by atoms with van der Waals surface area (Å²) in [5.41, 5.74) is 7.93. The lowest BCUT2D eigenvalue weighted by Gasteiger charge is -2.17. The van der Waals surface area contributed by atoms with E-state index in [1.165, 1.54) is 0 Å². The molecule has 0 radical (unpaired) electrons. The molecule has 0 bridgehead atoms. The molecule has 2 aromatic rings. The first-order valence-corrected chi connectivity index (χ1v) is 6.15. The van der Waals surface area contributed by atoms with Crippen LogP contribution in [0.3, 0.4) is 0 Å². The van der Waals surface area contributed by atoms with Gasteiger partial charge in [0.15, 0.2) is 0 Å². The molecule has 0 aliphatic carbocycles. The number of amides is 1. The van der Waals surface area contributed by atoms with E-state index in [1.54, 1.807) is 18.0 Å². The van der Waals surface area contributed by atoms with Gasteiger partial charge in [-0.1, -0.05) is 12.1 Å². The summed E-state index contributed by atoms with van der Waals surface area (Å²) < 4.78 is 5.47. The van der Waals surface area contributed by atoms with Crippen LogP contribution in [0.2, 0.25) is 0 Å². The van der Waals surface area contributed by atoms with Crippen molar-refractivity contribution in [1.82, 2.24) is 4.90 Å². The molecule has 100 valence electrons. The number of rotatable bonds is 3. The summed E-state index contributed by atoms with van der Waals surface area (Å²) in [4.78, 5) is 13.9. The second kappa shape index (κ2) is 5.18. The molecule has 2 rings (SSSR count). The van der Waals surface area contributed by atoms with Gasteiger partial charge in [-0.15, -0.1) is 0 Å². The highest BCUT2D eigenvalue weighted by molar-refractivity contribution is 5.99. The number of furan rings is 1. The van der Waals surface area contributed by atoms with E-state index in [-0.39, 0.29) is 5.91 Å². The number of nitrogen functional groups attached to an aromatic ring is 1. The first kappa shape index (κ1) is 13.2. The van der Waals surface area contributed by atoms with E-state index >= 15 is 0 Å². The fraction of sp³-hybridized carbons (Fsp3) is 0.267. The number of para-hydroxylation sites is 1. The average molecular weight is 258 g/mol. The molecule has 2 N–H and O–H groups in total. The van der Waals surface area contributed by atoms with Crippen molar-refractivity contribution in [2.45, 2.75) is 20.4 Å². The highest BCUT2D eigenvalue weighted by Crippen LogP contribution is 2.19. The molecule has 0 saturated carbocycles. The molecule has 1 amide bonds. The minimum Gasteiger partial charge on any atom is -0.464 e. The summed E-state index contributed by atoms with van der Waals surface area (Å²) in [6.07, 6.45) is 0. The van der Waals surface area contributed by atoms with E-state index in [1.807, 2.05) is 38.1 Å². The van der Waals surface area contributed by atoms with Gasteiger partial charge in [-0.25, -0.2) is 0 Å². The van der Waals surface area contributed by atoms with Crippen molar-refractivity contribution in [2.24, 2.45) is 0 Å². The van der Waals surface area contributed by atoms with Crippen LogP contribution in [0.25, 0.3) is 0 Å². The topological polar surface area (TPSA) is 59.5 Å². The van der Waals surface area contributed by atoms with E-state index in [2.05, 4.69) is 0 Å². The van der Waals surface area contributed by atoms with Crippen LogP contribution in [-0.4, -0.2) is 17.9 Å². The summed E-state index contributed by atoms with van der Waals surface area (Å²) in [6, 6.07) is 9.23. The molecule has 0 atom stereocenters. The van der Waals surface area contributed by atoms with Gasteiger partial charge in [0.1, 0.15) is 11.5 Å². The second-order valence-corrected chi connectivity index (χ2v) is 4.71. The molecular weight excluding hydrogens is 240 g/mol. The number of nitrogens with zero attached hydrogens (tertiary/aromatic N) is 1. The molecule has 4 heteroatoms. The first-order valence-electron chi connectivity index (χ1n) is 6.15. The molecule has 1 aromatic carbocycles. The zero-order chi connectivity index (χ0) is 14.0. The third-order valence-corrected chi connectivity index (χ3v) is 3.09. The maximum atomic E-state index is 12.3. The molecule has 19 heavy (non-hydrogen) atoms. The SMILES string of the molecule is Cc1ccc(CN(C)C(=O)c2cccc(C)c2N)o1. The number of carbonyl (C=O) groups is 1. The summed E-state index contributed by atoms with van der Waals surface area (Å²) in [7, 11) is 1.74. The lowest BCUT2D eigenvalue weighted by Crippen LogP contribution is -2.27. The van der Waals surface area contributed by atoms with Crippen LogP contribution in [0.1, 0.15) is 27.4 Å². The molecule has 1 heterocycles. The Bertz CT molecular complexity index is 602. The van der Waals surface area contributed by atoms with Gasteiger partial charge in [0.25, 0.3) is 5.91 Å². The number of hydrogen-bond donors (Lipinski definition) is 1. The highest BCUT2D eigenvalue weighted by atomic mass is 16.3. The van der Waals surface area contributed by atoms with Crippen LogP contribution in [0.5, 0.6) is 0 Å². The number of hydrogen-bond acceptors (Lipinski definition) is 3. The van der Waals surface area contributed by atoms with Crippen LogP contribution in [0.4, 0.5) is 5.69 Å². The van der Waals surface area contributed by atoms with E-state index in [4.69, 9.17) is 10.2 Å². The molecule has 0 spiro atoms. The Labute approximate surface area is 112 Å². The molecular formula is C15H18N2O2. The normalized spacial score (nSPS) is 10.5. The van der Waals surface area contributed by atoms with Crippen LogP contribution in [-0.2, 0) is 6.54 Å². The molecule has 4 nitrogen and oxygen atoms in total. The van der Waals surface area contributed by atoms with Gasteiger partial charge in [-0.05, 0) is 37.6 Å². The van der Waals surface area contributed by atoms with Gasteiger partial charge >= 0.3 is 0 Å². The van der Waals surface area contributed by atoms with Crippen molar-refractivity contribution >= 4 is 11.6 Å². The van der Waals surface area contributed by atoms with Crippen molar-refractivity contribution in [3.8, 4) is 0 Å². The lowest BCUT2D eigenvalue weighted by molar-refractivity contribution is 0.0776. The predicted octanol–water partition coefficient (Wildman–Crippen LogP) is 2.75. The minimum absolute atomic E-state index is 0.102. The van der Waals surface area contributed by atoms with Crippen molar-refractivity contribution < 1.29 is 9.21 Å². The van der Waals surface area contributed by atoms with Crippen molar-refractivity contribution in [1.29, 1.82) is 0 Å². The summed E-state index contributed by atoms with van der Waals surface area (Å²) in [5, 5.41) is 0. The highest BCUT2D eigenvalue weighted by Gasteiger charge is 2.16. The quantitative estimate of drug-likeness (QED) is 0.861. The molecule has 0 aliphatic heterocycles. The fourth-order valence-corrected chi connectivity index (χ4v) is 1.95. The fourth-order valence-electron chi connectivity index (χ4n) is 1.95. The molecule has 0 fully saturated rings. The molecule has 0 saturated heterocycles. The van der Waals surface area contributed by atoms with E-state index in [0.717, 1.165) is 17.1 Å². The monoisotopic (exact) mass is 258 g/mol. The summed E-state index contributed by atoms with van der Waals surface area (Å²) in [6.45, 7) is 4.20. The Morgan fingerprint density at radius 1 is 1.26 bits per heavy atom. The molecule has 0 unspecified atom stereocenters. The Balaban J connectivity index is 2.17. The Hall–Kier alpha value is -2.23. The number of aryl methyl sites for hydroxylation is 2. The zero-order valence-electron chi connectivity index (χ0n) is 11.4. The maximum Gasteiger partial charge on any atom is 0.256 e. The largest absolute Gasteiger partial charge is 0.464 e. The maximum absolute atomic E-state index is 12.3. The third kappa shape index (κ3) is 2.78. The lowest BCUT2D eigenvalue weighted by atomic mass is 10.1. The van der Waals surface area contributed by atoms with Gasteiger partial charge in [0.05, 0.1) is 12.1 Å². The van der Waals surface area contributed by atoms with Gasteiger partial charge in [0, 0.05) is 12.7 Å². The van der Waals surface area contributed by atoms with E-state index in [0.29, 0.717) is 17.8 Å². The van der Waals surface area contributed by atoms with E-state index < -0.39 is 0 Å². The Morgan fingerprint density at radius 2 is 2.00 bits per heavy atom. The molecule has 1 aromatic heterocycles. The third-order valence-electron chi connectivity index (χ3n) is 3.09. The standard InChI is InChI=1S/C15H18N2O2/c1-10-5-4-6-13(14(10)16)15(18)17(3)9-12-8-7-11(2)19-12/h4-8H,9,16H2,1-3H3. The Morgan fingerprint density at radius 3 is 2.63 bits per heavy atom. The Kier molecular flexibility index (Phi) is 3.60. The van der Waals surface area contributed by atoms with Crippen LogP contribution >= 0.6 is 0 Å². The number of benzene rings is 1. The molecule has 0 aliphatic rings. The first-order chi connectivity index (χ1) is 8.99. The summed E-state index contributed by atoms with van der Waals surface area (Å²) in [5.74, 6) is 1.50.